The summed E-state index contributed by atoms with van der Waals surface area (Å²) in [5.41, 5.74) is 0. The van der Waals surface area contributed by atoms with Crippen LogP contribution in [0.4, 0.5) is 0 Å². The largest absolute Gasteiger partial charge is 2.00 e. The van der Waals surface area contributed by atoms with Gasteiger partial charge >= 0.3 is 19.5 Å². The Morgan fingerprint density at radius 2 is 1.71 bits per heavy atom. The van der Waals surface area contributed by atoms with Gasteiger partial charge in [-0.2, -0.15) is 25.3 Å². The molecule has 0 saturated heterocycles. The second-order valence-electron chi connectivity index (χ2n) is 4.43. The van der Waals surface area contributed by atoms with E-state index in [1.165, 1.54) is 0 Å². The number of hydrogen-bond acceptors (Lipinski definition) is 7. The fourth-order valence-corrected chi connectivity index (χ4v) is 2.41. The smallest absolute Gasteiger partial charge is 0.550 e. The summed E-state index contributed by atoms with van der Waals surface area (Å²) in [6, 6.07) is -1.55. The number of carbonyl (C=O) groups excluding carboxylic acids is 3. The Morgan fingerprint density at radius 1 is 1.10 bits per heavy atom. The summed E-state index contributed by atoms with van der Waals surface area (Å²) in [5, 5.41) is 23.3. The van der Waals surface area contributed by atoms with Crippen LogP contribution in [0.15, 0.2) is 0 Å². The predicted octanol–water partition coefficient (Wildman–Crippen LogP) is -1.46. The molecule has 6 nitrogen and oxygen atoms in total. The van der Waals surface area contributed by atoms with E-state index in [0.717, 1.165) is 25.0 Å². The van der Waals surface area contributed by atoms with E-state index in [2.05, 4.69) is 30.6 Å². The summed E-state index contributed by atoms with van der Waals surface area (Å²) in [7, 11) is 0. The van der Waals surface area contributed by atoms with Crippen molar-refractivity contribution < 1.29 is 44.1 Å². The maximum atomic E-state index is 11.5. The van der Waals surface area contributed by atoms with Crippen molar-refractivity contribution in [3.63, 3.8) is 0 Å². The van der Waals surface area contributed by atoms with Crippen LogP contribution in [-0.2, 0) is 33.9 Å². The molecule has 1 unspecified atom stereocenters. The van der Waals surface area contributed by atoms with E-state index in [1.807, 2.05) is 0 Å². The van der Waals surface area contributed by atoms with Crippen LogP contribution < -0.4 is 15.5 Å². The average Bonchev–Trinajstić information content (AvgIpc) is 2.33. The van der Waals surface area contributed by atoms with Crippen molar-refractivity contribution in [2.45, 2.75) is 49.8 Å². The molecule has 0 radical (unpaired) electrons. The van der Waals surface area contributed by atoms with Crippen molar-refractivity contribution in [1.29, 1.82) is 0 Å². The molecule has 0 aromatic carbocycles. The Kier molecular flexibility index (Phi) is 14.7. The molecule has 0 aliphatic carbocycles. The second kappa shape index (κ2) is 13.4. The Labute approximate surface area is 148 Å². The summed E-state index contributed by atoms with van der Waals surface area (Å²) in [4.78, 5) is 32.4. The topological polar surface area (TPSA) is 109 Å². The van der Waals surface area contributed by atoms with Gasteiger partial charge in [-0.05, 0) is 25.0 Å². The molecular formula is C12H19NO5S2Zn. The number of carboxylic acids is 2. The van der Waals surface area contributed by atoms with Crippen LogP contribution in [0, 0.1) is 0 Å². The van der Waals surface area contributed by atoms with Gasteiger partial charge < -0.3 is 25.1 Å². The molecule has 9 heteroatoms. The molecule has 0 saturated carbocycles. The van der Waals surface area contributed by atoms with E-state index in [1.54, 1.807) is 0 Å². The van der Waals surface area contributed by atoms with Crippen LogP contribution in [0.1, 0.15) is 38.5 Å². The maximum Gasteiger partial charge on any atom is 2.00 e. The maximum absolute atomic E-state index is 11.5. The number of nitrogens with one attached hydrogen (secondary N) is 1. The number of unbranched alkanes of at least 4 members (excludes halogenated alkanes) is 1. The molecule has 0 spiro atoms. The van der Waals surface area contributed by atoms with Crippen molar-refractivity contribution in [2.75, 3.05) is 5.75 Å². The van der Waals surface area contributed by atoms with Gasteiger partial charge in [0.15, 0.2) is 0 Å². The monoisotopic (exact) mass is 385 g/mol. The predicted molar refractivity (Wildman–Crippen MR) is 76.3 cm³/mol. The zero-order valence-corrected chi connectivity index (χ0v) is 16.5. The first kappa shape index (κ1) is 23.0. The minimum atomic E-state index is -1.63. The third kappa shape index (κ3) is 13.1. The van der Waals surface area contributed by atoms with Crippen LogP contribution in [0.3, 0.4) is 0 Å². The van der Waals surface area contributed by atoms with Gasteiger partial charge in [-0.1, -0.05) is 6.42 Å². The van der Waals surface area contributed by atoms with Gasteiger partial charge in [-0.25, -0.2) is 0 Å². The summed E-state index contributed by atoms with van der Waals surface area (Å²) in [6.45, 7) is 0. The molecule has 0 aromatic heterocycles. The van der Waals surface area contributed by atoms with E-state index in [9.17, 15) is 24.6 Å². The Hall–Kier alpha value is -0.267. The molecular weight excluding hydrogens is 368 g/mol. The first-order valence-electron chi connectivity index (χ1n) is 6.35. The van der Waals surface area contributed by atoms with Gasteiger partial charge in [-0.15, -0.1) is 0 Å². The van der Waals surface area contributed by atoms with Crippen molar-refractivity contribution in [3.8, 4) is 0 Å². The summed E-state index contributed by atoms with van der Waals surface area (Å²) in [5.74, 6) is -2.94. The first-order chi connectivity index (χ1) is 9.36. The fourth-order valence-electron chi connectivity index (χ4n) is 1.59. The van der Waals surface area contributed by atoms with Crippen molar-refractivity contribution in [1.82, 2.24) is 5.32 Å². The number of amides is 1. The quantitative estimate of drug-likeness (QED) is 0.228. The van der Waals surface area contributed by atoms with Gasteiger partial charge in [0.2, 0.25) is 5.91 Å². The van der Waals surface area contributed by atoms with E-state index in [0.29, 0.717) is 6.42 Å². The molecule has 0 aromatic rings. The van der Waals surface area contributed by atoms with E-state index in [-0.39, 0.29) is 31.1 Å². The average molecular weight is 387 g/mol. The number of carbonyl (C=O) groups is 3. The van der Waals surface area contributed by atoms with Crippen molar-refractivity contribution in [3.05, 3.63) is 0 Å². The SMILES string of the molecule is O=C([O-])C[C@H](NC(=O)CCCCC(S)CCS)C(=O)[O-].[Zn+2]. The minimum absolute atomic E-state index is 0. The number of carboxylic acid groups (broad SMARTS) is 2. The molecule has 0 bridgehead atoms. The zero-order valence-electron chi connectivity index (χ0n) is 11.7. The third-order valence-electron chi connectivity index (χ3n) is 2.64. The number of thiol groups is 2. The molecule has 0 fully saturated rings. The molecule has 2 atom stereocenters. The molecule has 21 heavy (non-hydrogen) atoms. The van der Waals surface area contributed by atoms with E-state index in [4.69, 9.17) is 0 Å². The van der Waals surface area contributed by atoms with Gasteiger partial charge in [0.1, 0.15) is 0 Å². The summed E-state index contributed by atoms with van der Waals surface area (Å²) in [6.07, 6.45) is 2.44. The zero-order chi connectivity index (χ0) is 15.5. The standard InChI is InChI=1S/C12H21NO5S2.Zn/c14-10(4-2-1-3-8(20)5-6-19)13-9(12(17)18)7-11(15)16;/h8-9,19-20H,1-7H2,(H,13,14)(H,15,16)(H,17,18);/q;+2/p-2/t8?,9-;/m0./s1. The number of rotatable bonds is 11. The number of hydrogen-bond donors (Lipinski definition) is 3. The van der Waals surface area contributed by atoms with Gasteiger partial charge in [0.05, 0.1) is 12.0 Å². The van der Waals surface area contributed by atoms with Crippen molar-refractivity contribution in [2.24, 2.45) is 0 Å². The van der Waals surface area contributed by atoms with Crippen LogP contribution in [0.2, 0.25) is 0 Å². The van der Waals surface area contributed by atoms with Crippen molar-refractivity contribution >= 4 is 43.1 Å². The minimum Gasteiger partial charge on any atom is -0.550 e. The Balaban J connectivity index is 0. The molecule has 1 amide bonds. The first-order valence-corrected chi connectivity index (χ1v) is 7.50. The Bertz CT molecular complexity index is 344. The molecule has 1 N–H and O–H groups in total. The van der Waals surface area contributed by atoms with Gasteiger partial charge in [0, 0.05) is 24.1 Å². The molecule has 0 aliphatic heterocycles. The Morgan fingerprint density at radius 3 is 2.19 bits per heavy atom. The van der Waals surface area contributed by atoms with Crippen LogP contribution in [0.25, 0.3) is 0 Å². The van der Waals surface area contributed by atoms with Gasteiger partial charge in [-0.3, -0.25) is 4.79 Å². The number of aliphatic carboxylic acids is 2. The van der Waals surface area contributed by atoms with Gasteiger partial charge in [0.25, 0.3) is 0 Å². The third-order valence-corrected chi connectivity index (χ3v) is 3.42. The summed E-state index contributed by atoms with van der Waals surface area (Å²) < 4.78 is 0. The summed E-state index contributed by atoms with van der Waals surface area (Å²) >= 11 is 8.44. The van der Waals surface area contributed by atoms with Crippen LogP contribution >= 0.6 is 25.3 Å². The fraction of sp³-hybridized carbons (Fsp3) is 0.750. The molecule has 0 rings (SSSR count). The molecule has 0 heterocycles. The normalized spacial score (nSPS) is 12.9. The van der Waals surface area contributed by atoms with Crippen LogP contribution in [0.5, 0.6) is 0 Å². The van der Waals surface area contributed by atoms with Crippen LogP contribution in [-0.4, -0.2) is 34.9 Å². The molecule has 116 valence electrons. The van der Waals surface area contributed by atoms with E-state index < -0.39 is 30.3 Å². The molecule has 0 aliphatic rings. The second-order valence-corrected chi connectivity index (χ2v) is 5.60. The van der Waals surface area contributed by atoms with E-state index >= 15 is 0 Å².